The summed E-state index contributed by atoms with van der Waals surface area (Å²) in [6.45, 7) is 7.84. The summed E-state index contributed by atoms with van der Waals surface area (Å²) in [5.41, 5.74) is 3.21. The van der Waals surface area contributed by atoms with Crippen molar-refractivity contribution in [1.29, 1.82) is 0 Å². The van der Waals surface area contributed by atoms with Crippen LogP contribution in [-0.2, 0) is 16.0 Å². The highest BCUT2D eigenvalue weighted by molar-refractivity contribution is 6.00. The van der Waals surface area contributed by atoms with Crippen molar-refractivity contribution in [2.24, 2.45) is 0 Å². The second-order valence-electron chi connectivity index (χ2n) is 7.77. The summed E-state index contributed by atoms with van der Waals surface area (Å²) < 4.78 is 11.4. The summed E-state index contributed by atoms with van der Waals surface area (Å²) in [7, 11) is 0. The number of aryl methyl sites for hydroxylation is 4. The van der Waals surface area contributed by atoms with Crippen LogP contribution in [0.3, 0.4) is 0 Å². The van der Waals surface area contributed by atoms with E-state index in [1.165, 1.54) is 4.90 Å². The molecule has 152 valence electrons. The zero-order chi connectivity index (χ0) is 21.0. The highest BCUT2D eigenvalue weighted by atomic mass is 16.4. The predicted octanol–water partition coefficient (Wildman–Crippen LogP) is 2.06. The fourth-order valence-electron chi connectivity index (χ4n) is 4.26. The zero-order valence-corrected chi connectivity index (χ0v) is 16.9. The molecule has 0 saturated carbocycles. The number of carboxylic acid groups (broad SMARTS) is 1. The van der Waals surface area contributed by atoms with E-state index < -0.39 is 23.5 Å². The van der Waals surface area contributed by atoms with Crippen LogP contribution >= 0.6 is 0 Å². The fourth-order valence-corrected chi connectivity index (χ4v) is 4.26. The highest BCUT2D eigenvalue weighted by Gasteiger charge is 2.30. The maximum absolute atomic E-state index is 12.7. The first kappa shape index (κ1) is 19.2. The van der Waals surface area contributed by atoms with Gasteiger partial charge in [0.15, 0.2) is 0 Å². The molecule has 0 unspecified atom stereocenters. The van der Waals surface area contributed by atoms with E-state index >= 15 is 0 Å². The van der Waals surface area contributed by atoms with E-state index in [2.05, 4.69) is 0 Å². The van der Waals surface area contributed by atoms with Crippen molar-refractivity contribution >= 4 is 33.8 Å². The number of hydrogen-bond acceptors (Lipinski definition) is 6. The minimum atomic E-state index is -1.26. The molecule has 1 fully saturated rings. The number of carboxylic acids is 1. The van der Waals surface area contributed by atoms with Gasteiger partial charge >= 0.3 is 5.63 Å². The lowest BCUT2D eigenvalue weighted by molar-refractivity contribution is -0.310. The summed E-state index contributed by atoms with van der Waals surface area (Å²) in [5.74, 6) is -0.863. The smallest absolute Gasteiger partial charge is 0.340 e. The summed E-state index contributed by atoms with van der Waals surface area (Å²) in [4.78, 5) is 38.0. The molecule has 2 aromatic heterocycles. The summed E-state index contributed by atoms with van der Waals surface area (Å²) in [5, 5.41) is 13.0. The molecule has 0 N–H and O–H groups in total. The number of furan rings is 1. The van der Waals surface area contributed by atoms with Crippen LogP contribution < -0.4 is 10.7 Å². The predicted molar refractivity (Wildman–Crippen MR) is 105 cm³/mol. The third kappa shape index (κ3) is 2.92. The first-order valence-corrected chi connectivity index (χ1v) is 9.66. The number of aliphatic carboxylic acids is 1. The third-order valence-electron chi connectivity index (χ3n) is 6.12. The molecule has 0 aliphatic carbocycles. The van der Waals surface area contributed by atoms with Crippen molar-refractivity contribution in [3.63, 3.8) is 0 Å². The standard InChI is InChI=1S/C22H23NO6/c1-10-13(4)28-19-12(3)20-15(8-14(10)19)11(2)16(22(27)29-20)9-18(24)23-7-5-6-17(23)21(25)26/h8,17H,5-7,9H2,1-4H3,(H,25,26)/p-1/t17-/m0/s1. The Balaban J connectivity index is 1.82. The van der Waals surface area contributed by atoms with Gasteiger partial charge in [0.05, 0.1) is 24.0 Å². The van der Waals surface area contributed by atoms with Gasteiger partial charge in [-0.25, -0.2) is 4.79 Å². The van der Waals surface area contributed by atoms with Crippen LogP contribution in [0.15, 0.2) is 19.7 Å². The quantitative estimate of drug-likeness (QED) is 0.628. The lowest BCUT2D eigenvalue weighted by Gasteiger charge is -2.25. The molecule has 1 aliphatic heterocycles. The molecule has 1 aromatic carbocycles. The zero-order valence-electron chi connectivity index (χ0n) is 16.9. The Kier molecular flexibility index (Phi) is 4.48. The Hall–Kier alpha value is -3.09. The highest BCUT2D eigenvalue weighted by Crippen LogP contribution is 2.34. The SMILES string of the molecule is Cc1oc2c(C)c3oc(=O)c(CC(=O)N4CCC[C@H]4C(=O)[O-])c(C)c3cc2c1C. The van der Waals surface area contributed by atoms with Gasteiger partial charge in [0.25, 0.3) is 0 Å². The number of carbonyl (C=O) groups excluding carboxylic acids is 2. The third-order valence-corrected chi connectivity index (χ3v) is 6.12. The molecular weight excluding hydrogens is 374 g/mol. The Morgan fingerprint density at radius 2 is 1.72 bits per heavy atom. The molecule has 29 heavy (non-hydrogen) atoms. The van der Waals surface area contributed by atoms with Crippen LogP contribution in [0.1, 0.15) is 40.9 Å². The van der Waals surface area contributed by atoms with Crippen LogP contribution in [0.2, 0.25) is 0 Å². The topological polar surface area (TPSA) is 104 Å². The van der Waals surface area contributed by atoms with Gasteiger partial charge in [0.2, 0.25) is 5.91 Å². The molecule has 0 bridgehead atoms. The number of hydrogen-bond donors (Lipinski definition) is 0. The molecule has 1 saturated heterocycles. The van der Waals surface area contributed by atoms with E-state index in [-0.39, 0.29) is 12.0 Å². The van der Waals surface area contributed by atoms with E-state index in [1.54, 1.807) is 6.92 Å². The molecule has 1 atom stereocenters. The number of benzene rings is 1. The minimum absolute atomic E-state index is 0.200. The second-order valence-corrected chi connectivity index (χ2v) is 7.77. The molecular formula is C22H22NO6-. The van der Waals surface area contributed by atoms with E-state index in [1.807, 2.05) is 26.8 Å². The summed E-state index contributed by atoms with van der Waals surface area (Å²) >= 11 is 0. The Morgan fingerprint density at radius 3 is 2.41 bits per heavy atom. The number of rotatable bonds is 3. The number of likely N-dealkylation sites (tertiary alicyclic amines) is 1. The van der Waals surface area contributed by atoms with Gasteiger partial charge in [0.1, 0.15) is 16.9 Å². The van der Waals surface area contributed by atoms with Crippen molar-refractivity contribution in [2.75, 3.05) is 6.54 Å². The second kappa shape index (κ2) is 6.76. The molecule has 4 rings (SSSR count). The van der Waals surface area contributed by atoms with Crippen molar-refractivity contribution in [3.05, 3.63) is 44.5 Å². The van der Waals surface area contributed by atoms with Gasteiger partial charge in [-0.05, 0) is 57.7 Å². The molecule has 7 heteroatoms. The minimum Gasteiger partial charge on any atom is -0.548 e. The van der Waals surface area contributed by atoms with Crippen LogP contribution in [0.25, 0.3) is 21.9 Å². The summed E-state index contributed by atoms with van der Waals surface area (Å²) in [6, 6.07) is 0.990. The van der Waals surface area contributed by atoms with Crippen LogP contribution in [0.4, 0.5) is 0 Å². The molecule has 0 radical (unpaired) electrons. The van der Waals surface area contributed by atoms with Gasteiger partial charge in [0, 0.05) is 22.9 Å². The van der Waals surface area contributed by atoms with Crippen molar-refractivity contribution in [2.45, 2.75) is 53.0 Å². The number of nitrogens with zero attached hydrogens (tertiary/aromatic N) is 1. The molecule has 1 amide bonds. The fraction of sp³-hybridized carbons (Fsp3) is 0.409. The van der Waals surface area contributed by atoms with Crippen molar-refractivity contribution in [1.82, 2.24) is 4.90 Å². The monoisotopic (exact) mass is 396 g/mol. The van der Waals surface area contributed by atoms with E-state index in [9.17, 15) is 19.5 Å². The van der Waals surface area contributed by atoms with Crippen molar-refractivity contribution in [3.8, 4) is 0 Å². The number of carbonyl (C=O) groups is 2. The largest absolute Gasteiger partial charge is 0.548 e. The normalized spacial score (nSPS) is 16.8. The van der Waals surface area contributed by atoms with E-state index in [4.69, 9.17) is 8.83 Å². The van der Waals surface area contributed by atoms with Gasteiger partial charge in [-0.1, -0.05) is 0 Å². The van der Waals surface area contributed by atoms with Crippen LogP contribution in [0, 0.1) is 27.7 Å². The molecule has 3 aromatic rings. The van der Waals surface area contributed by atoms with E-state index in [0.29, 0.717) is 36.1 Å². The molecule has 3 heterocycles. The number of fused-ring (bicyclic) bond motifs is 2. The lowest BCUT2D eigenvalue weighted by atomic mass is 9.98. The maximum Gasteiger partial charge on any atom is 0.340 e. The average Bonchev–Trinajstić information content (AvgIpc) is 3.27. The number of amides is 1. The molecule has 1 aliphatic rings. The average molecular weight is 396 g/mol. The van der Waals surface area contributed by atoms with Crippen molar-refractivity contribution < 1.29 is 23.5 Å². The van der Waals surface area contributed by atoms with Crippen LogP contribution in [-0.4, -0.2) is 29.4 Å². The maximum atomic E-state index is 12.7. The lowest BCUT2D eigenvalue weighted by Crippen LogP contribution is -2.47. The Morgan fingerprint density at radius 1 is 1.07 bits per heavy atom. The molecule has 0 spiro atoms. The first-order valence-electron chi connectivity index (χ1n) is 9.66. The van der Waals surface area contributed by atoms with Crippen LogP contribution in [0.5, 0.6) is 0 Å². The van der Waals surface area contributed by atoms with Gasteiger partial charge in [-0.15, -0.1) is 0 Å². The van der Waals surface area contributed by atoms with Gasteiger partial charge in [-0.3, -0.25) is 4.79 Å². The first-order chi connectivity index (χ1) is 13.7. The Labute approximate surface area is 166 Å². The molecule has 7 nitrogen and oxygen atoms in total. The van der Waals surface area contributed by atoms with E-state index in [0.717, 1.165) is 27.7 Å². The van der Waals surface area contributed by atoms with Gasteiger partial charge in [-0.2, -0.15) is 0 Å². The van der Waals surface area contributed by atoms with Gasteiger partial charge < -0.3 is 23.6 Å². The summed E-state index contributed by atoms with van der Waals surface area (Å²) in [6.07, 6.45) is 0.774. The Bertz CT molecular complexity index is 1230.